The van der Waals surface area contributed by atoms with Crippen LogP contribution in [0.5, 0.6) is 0 Å². The van der Waals surface area contributed by atoms with Crippen LogP contribution in [-0.2, 0) is 24.3 Å². The number of anilines is 1. The molecule has 3 rings (SSSR count). The summed E-state index contributed by atoms with van der Waals surface area (Å²) in [6.07, 6.45) is 0. The van der Waals surface area contributed by atoms with Gasteiger partial charge in [0.2, 0.25) is 10.0 Å². The number of thiophene rings is 1. The molecule has 1 aliphatic rings. The Morgan fingerprint density at radius 1 is 1.14 bits per heavy atom. The molecule has 1 aromatic carbocycles. The number of esters is 1. The maximum Gasteiger partial charge on any atom is 0.348 e. The molecule has 1 aromatic heterocycles. The average molecular weight is 489 g/mol. The molecule has 0 aliphatic carbocycles. The lowest BCUT2D eigenvalue weighted by Crippen LogP contribution is -2.40. The molecule has 1 aliphatic heterocycles. The van der Waals surface area contributed by atoms with Crippen molar-refractivity contribution in [3.8, 4) is 0 Å². The molecule has 0 saturated carbocycles. The number of morpholine rings is 1. The van der Waals surface area contributed by atoms with Crippen LogP contribution in [0.15, 0.2) is 45.1 Å². The van der Waals surface area contributed by atoms with Crippen molar-refractivity contribution in [3.63, 3.8) is 0 Å². The maximum atomic E-state index is 12.6. The number of nitrogens with zero attached hydrogens (tertiary/aromatic N) is 1. The van der Waals surface area contributed by atoms with Crippen molar-refractivity contribution in [2.75, 3.05) is 38.2 Å². The molecule has 2 heterocycles. The second-order valence-corrected chi connectivity index (χ2v) is 10.2. The van der Waals surface area contributed by atoms with E-state index in [1.807, 2.05) is 0 Å². The van der Waals surface area contributed by atoms with Gasteiger partial charge in [0, 0.05) is 18.8 Å². The van der Waals surface area contributed by atoms with Crippen molar-refractivity contribution in [1.82, 2.24) is 4.31 Å². The standard InChI is InChI=1S/C17H17BrN2O6S2/c18-15-6-5-14(27-15)17(22)26-11-16(21)19-12-1-3-13(4-2-12)28(23,24)20-7-9-25-10-8-20/h1-6H,7-11H2,(H,19,21). The smallest absolute Gasteiger partial charge is 0.348 e. The van der Waals surface area contributed by atoms with Gasteiger partial charge in [0.1, 0.15) is 4.88 Å². The van der Waals surface area contributed by atoms with Crippen LogP contribution in [0.25, 0.3) is 0 Å². The Labute approximate surface area is 174 Å². The highest BCUT2D eigenvalue weighted by Gasteiger charge is 2.26. The minimum Gasteiger partial charge on any atom is -0.451 e. The second kappa shape index (κ2) is 9.14. The van der Waals surface area contributed by atoms with Crippen molar-refractivity contribution >= 4 is 54.9 Å². The molecule has 1 amide bonds. The number of benzene rings is 1. The van der Waals surface area contributed by atoms with E-state index < -0.39 is 28.5 Å². The minimum atomic E-state index is -3.59. The Morgan fingerprint density at radius 2 is 1.82 bits per heavy atom. The summed E-state index contributed by atoms with van der Waals surface area (Å²) in [5.74, 6) is -1.11. The van der Waals surface area contributed by atoms with Crippen molar-refractivity contribution in [1.29, 1.82) is 0 Å². The third-order valence-electron chi connectivity index (χ3n) is 3.85. The molecule has 0 spiro atoms. The van der Waals surface area contributed by atoms with Gasteiger partial charge in [-0.15, -0.1) is 11.3 Å². The van der Waals surface area contributed by atoms with Gasteiger partial charge in [-0.3, -0.25) is 4.79 Å². The Morgan fingerprint density at radius 3 is 2.43 bits per heavy atom. The number of amides is 1. The van der Waals surface area contributed by atoms with Crippen molar-refractivity contribution in [2.24, 2.45) is 0 Å². The predicted molar refractivity (Wildman–Crippen MR) is 107 cm³/mol. The van der Waals surface area contributed by atoms with Gasteiger partial charge in [0.15, 0.2) is 6.61 Å². The van der Waals surface area contributed by atoms with E-state index in [4.69, 9.17) is 9.47 Å². The minimum absolute atomic E-state index is 0.141. The van der Waals surface area contributed by atoms with E-state index in [0.29, 0.717) is 36.9 Å². The normalized spacial score (nSPS) is 15.2. The molecule has 0 bridgehead atoms. The number of hydrogen-bond acceptors (Lipinski definition) is 7. The number of sulfonamides is 1. The molecular formula is C17H17BrN2O6S2. The lowest BCUT2D eigenvalue weighted by Gasteiger charge is -2.26. The summed E-state index contributed by atoms with van der Waals surface area (Å²) in [6.45, 7) is 0.922. The zero-order chi connectivity index (χ0) is 20.1. The molecule has 0 radical (unpaired) electrons. The SMILES string of the molecule is O=C(COC(=O)c1ccc(Br)s1)Nc1ccc(S(=O)(=O)N2CCOCC2)cc1. The topological polar surface area (TPSA) is 102 Å². The van der Waals surface area contributed by atoms with Crippen molar-refractivity contribution < 1.29 is 27.5 Å². The Balaban J connectivity index is 1.55. The van der Waals surface area contributed by atoms with E-state index in [-0.39, 0.29) is 4.90 Å². The van der Waals surface area contributed by atoms with E-state index in [1.54, 1.807) is 12.1 Å². The van der Waals surface area contributed by atoms with E-state index in [9.17, 15) is 18.0 Å². The molecule has 1 saturated heterocycles. The van der Waals surface area contributed by atoms with E-state index in [2.05, 4.69) is 21.2 Å². The Hall–Kier alpha value is -1.79. The Bertz CT molecular complexity index is 952. The number of ether oxygens (including phenoxy) is 2. The van der Waals surface area contributed by atoms with Crippen LogP contribution < -0.4 is 5.32 Å². The first kappa shape index (κ1) is 20.9. The fourth-order valence-electron chi connectivity index (χ4n) is 2.47. The maximum absolute atomic E-state index is 12.6. The lowest BCUT2D eigenvalue weighted by atomic mass is 10.3. The largest absolute Gasteiger partial charge is 0.451 e. The van der Waals surface area contributed by atoms with Gasteiger partial charge in [-0.05, 0) is 52.3 Å². The van der Waals surface area contributed by atoms with Gasteiger partial charge in [-0.2, -0.15) is 4.31 Å². The molecule has 8 nitrogen and oxygen atoms in total. The molecule has 28 heavy (non-hydrogen) atoms. The molecule has 2 aromatic rings. The van der Waals surface area contributed by atoms with Gasteiger partial charge in [0.25, 0.3) is 5.91 Å². The quantitative estimate of drug-likeness (QED) is 0.626. The van der Waals surface area contributed by atoms with Crippen LogP contribution in [0, 0.1) is 0 Å². The molecular weight excluding hydrogens is 472 g/mol. The van der Waals surface area contributed by atoms with Crippen LogP contribution in [0.2, 0.25) is 0 Å². The first-order chi connectivity index (χ1) is 13.4. The molecule has 11 heteroatoms. The summed E-state index contributed by atoms with van der Waals surface area (Å²) in [5, 5.41) is 2.56. The van der Waals surface area contributed by atoms with Crippen molar-refractivity contribution in [2.45, 2.75) is 4.90 Å². The summed E-state index contributed by atoms with van der Waals surface area (Å²) in [5.41, 5.74) is 0.404. The van der Waals surface area contributed by atoms with Gasteiger partial charge < -0.3 is 14.8 Å². The van der Waals surface area contributed by atoms with Gasteiger partial charge in [0.05, 0.1) is 21.9 Å². The number of hydrogen-bond donors (Lipinski definition) is 1. The zero-order valence-corrected chi connectivity index (χ0v) is 17.8. The van der Waals surface area contributed by atoms with E-state index >= 15 is 0 Å². The number of rotatable bonds is 6. The number of carbonyl (C=O) groups excluding carboxylic acids is 2. The number of carbonyl (C=O) groups is 2. The van der Waals surface area contributed by atoms with E-state index in [0.717, 1.165) is 3.79 Å². The fourth-order valence-corrected chi connectivity index (χ4v) is 5.16. The third-order valence-corrected chi connectivity index (χ3v) is 7.37. The first-order valence-corrected chi connectivity index (χ1v) is 11.3. The Kier molecular flexibility index (Phi) is 6.83. The summed E-state index contributed by atoms with van der Waals surface area (Å²) >= 11 is 4.46. The molecule has 150 valence electrons. The molecule has 1 fully saturated rings. The van der Waals surface area contributed by atoms with Crippen molar-refractivity contribution in [3.05, 3.63) is 45.1 Å². The fraction of sp³-hybridized carbons (Fsp3) is 0.294. The highest BCUT2D eigenvalue weighted by Crippen LogP contribution is 2.23. The molecule has 0 unspecified atom stereocenters. The van der Waals surface area contributed by atoms with Gasteiger partial charge in [-0.1, -0.05) is 0 Å². The van der Waals surface area contributed by atoms with Crippen LogP contribution in [0.3, 0.4) is 0 Å². The highest BCUT2D eigenvalue weighted by molar-refractivity contribution is 9.11. The van der Waals surface area contributed by atoms with Crippen LogP contribution >= 0.6 is 27.3 Å². The monoisotopic (exact) mass is 488 g/mol. The van der Waals surface area contributed by atoms with Crippen LogP contribution in [0.1, 0.15) is 9.67 Å². The number of nitrogens with one attached hydrogen (secondary N) is 1. The van der Waals surface area contributed by atoms with Crippen LogP contribution in [0.4, 0.5) is 5.69 Å². The summed E-state index contributed by atoms with van der Waals surface area (Å²) in [7, 11) is -3.59. The van der Waals surface area contributed by atoms with Gasteiger partial charge in [-0.25, -0.2) is 13.2 Å². The number of halogens is 1. The lowest BCUT2D eigenvalue weighted by molar-refractivity contribution is -0.119. The average Bonchev–Trinajstić information content (AvgIpc) is 3.14. The second-order valence-electron chi connectivity index (χ2n) is 5.77. The summed E-state index contributed by atoms with van der Waals surface area (Å²) < 4.78 is 37.4. The van der Waals surface area contributed by atoms with Crippen LogP contribution in [-0.4, -0.2) is 57.5 Å². The zero-order valence-electron chi connectivity index (χ0n) is 14.6. The van der Waals surface area contributed by atoms with Gasteiger partial charge >= 0.3 is 5.97 Å². The molecule has 1 N–H and O–H groups in total. The summed E-state index contributed by atoms with van der Waals surface area (Å²) in [6, 6.07) is 9.15. The predicted octanol–water partition coefficient (Wildman–Crippen LogP) is 2.33. The summed E-state index contributed by atoms with van der Waals surface area (Å²) in [4.78, 5) is 24.3. The highest BCUT2D eigenvalue weighted by atomic mass is 79.9. The molecule has 0 atom stereocenters. The third kappa shape index (κ3) is 5.17. The first-order valence-electron chi connectivity index (χ1n) is 8.26. The van der Waals surface area contributed by atoms with E-state index in [1.165, 1.54) is 39.9 Å².